The molecule has 4 nitrogen and oxygen atoms in total. The number of pyridine rings is 1. The molecule has 1 N–H and O–H groups in total. The topological polar surface area (TPSA) is 59.4 Å². The van der Waals surface area contributed by atoms with Crippen molar-refractivity contribution in [3.8, 4) is 17.0 Å². The van der Waals surface area contributed by atoms with Crippen molar-refractivity contribution in [2.45, 2.75) is 6.42 Å². The predicted molar refractivity (Wildman–Crippen MR) is 108 cm³/mol. The minimum Gasteiger partial charge on any atom is -0.481 e. The zero-order valence-corrected chi connectivity index (χ0v) is 15.5. The number of carboxylic acids is 1. The highest BCUT2D eigenvalue weighted by Gasteiger charge is 2.12. The molecule has 4 rings (SSSR count). The van der Waals surface area contributed by atoms with Gasteiger partial charge in [-0.2, -0.15) is 0 Å². The van der Waals surface area contributed by atoms with Gasteiger partial charge in [0.1, 0.15) is 0 Å². The molecule has 134 valence electrons. The Bertz CT molecular complexity index is 1130. The molecule has 0 bridgehead atoms. The Morgan fingerprint density at radius 2 is 1.96 bits per heavy atom. The number of fused-ring (bicyclic) bond motifs is 1. The first-order valence-corrected chi connectivity index (χ1v) is 9.30. The van der Waals surface area contributed by atoms with Crippen molar-refractivity contribution in [2.75, 3.05) is 7.11 Å². The van der Waals surface area contributed by atoms with E-state index in [9.17, 15) is 9.90 Å². The Morgan fingerprint density at radius 1 is 1.11 bits per heavy atom. The van der Waals surface area contributed by atoms with E-state index in [1.165, 1.54) is 4.88 Å². The highest BCUT2D eigenvalue weighted by Crippen LogP contribution is 2.36. The molecule has 0 atom stereocenters. The molecule has 0 radical (unpaired) electrons. The predicted octanol–water partition coefficient (Wildman–Crippen LogP) is 5.26. The zero-order chi connectivity index (χ0) is 18.8. The van der Waals surface area contributed by atoms with Gasteiger partial charge in [0, 0.05) is 27.8 Å². The van der Waals surface area contributed by atoms with Gasteiger partial charge in [-0.1, -0.05) is 36.4 Å². The summed E-state index contributed by atoms with van der Waals surface area (Å²) in [5, 5.41) is 10.4. The van der Waals surface area contributed by atoms with Crippen LogP contribution in [0.25, 0.3) is 21.2 Å². The van der Waals surface area contributed by atoms with Crippen molar-refractivity contribution >= 4 is 27.4 Å². The molecule has 0 unspecified atom stereocenters. The van der Waals surface area contributed by atoms with Crippen LogP contribution in [-0.4, -0.2) is 23.2 Å². The Hall–Kier alpha value is -3.18. The van der Waals surface area contributed by atoms with Crippen molar-refractivity contribution in [1.82, 2.24) is 4.98 Å². The number of thiophene rings is 1. The molecule has 0 fully saturated rings. The molecule has 0 aliphatic heterocycles. The van der Waals surface area contributed by atoms with Crippen molar-refractivity contribution in [3.63, 3.8) is 0 Å². The van der Waals surface area contributed by atoms with E-state index >= 15 is 0 Å². The van der Waals surface area contributed by atoms with Gasteiger partial charge >= 0.3 is 5.97 Å². The van der Waals surface area contributed by atoms with Crippen LogP contribution in [0, 0.1) is 0 Å². The van der Waals surface area contributed by atoms with Gasteiger partial charge in [-0.05, 0) is 40.8 Å². The first-order chi connectivity index (χ1) is 13.2. The molecule has 0 amide bonds. The largest absolute Gasteiger partial charge is 0.481 e. The molecule has 0 aliphatic rings. The first-order valence-electron chi connectivity index (χ1n) is 8.49. The van der Waals surface area contributed by atoms with Gasteiger partial charge in [0.2, 0.25) is 5.88 Å². The van der Waals surface area contributed by atoms with E-state index in [2.05, 4.69) is 17.1 Å². The number of carboxylic acid groups (broad SMARTS) is 1. The standard InChI is InChI=1S/C22H17NO3S/c1-26-21-16(8-4-10-23-21)13-18-12-15-6-3-9-19(20(15)27-18)14-5-2-7-17(11-14)22(24)25/h2-12H,13H2,1H3,(H,24,25). The molecule has 0 saturated carbocycles. The zero-order valence-electron chi connectivity index (χ0n) is 14.7. The van der Waals surface area contributed by atoms with Crippen LogP contribution in [0.4, 0.5) is 0 Å². The Morgan fingerprint density at radius 3 is 2.78 bits per heavy atom. The van der Waals surface area contributed by atoms with Crippen LogP contribution in [0.5, 0.6) is 5.88 Å². The minimum atomic E-state index is -0.917. The fourth-order valence-electron chi connectivity index (χ4n) is 3.18. The summed E-state index contributed by atoms with van der Waals surface area (Å²) in [4.78, 5) is 16.8. The van der Waals surface area contributed by atoms with E-state index in [0.29, 0.717) is 11.4 Å². The van der Waals surface area contributed by atoms with Crippen LogP contribution >= 0.6 is 11.3 Å². The SMILES string of the molecule is COc1ncccc1Cc1cc2cccc(-c3cccc(C(=O)O)c3)c2s1. The third-order valence-electron chi connectivity index (χ3n) is 4.42. The molecule has 0 saturated heterocycles. The lowest BCUT2D eigenvalue weighted by atomic mass is 10.0. The molecule has 0 spiro atoms. The van der Waals surface area contributed by atoms with E-state index in [1.807, 2.05) is 30.3 Å². The Labute approximate surface area is 160 Å². The number of aromatic nitrogens is 1. The monoisotopic (exact) mass is 375 g/mol. The average molecular weight is 375 g/mol. The van der Waals surface area contributed by atoms with Crippen molar-refractivity contribution < 1.29 is 14.6 Å². The van der Waals surface area contributed by atoms with E-state index in [4.69, 9.17) is 4.74 Å². The first kappa shape index (κ1) is 17.2. The second-order valence-electron chi connectivity index (χ2n) is 6.17. The molecule has 2 heterocycles. The molecule has 2 aromatic carbocycles. The maximum absolute atomic E-state index is 11.3. The van der Waals surface area contributed by atoms with Gasteiger partial charge in [0.05, 0.1) is 12.7 Å². The second-order valence-corrected chi connectivity index (χ2v) is 7.31. The van der Waals surface area contributed by atoms with E-state index in [-0.39, 0.29) is 0 Å². The molecule has 2 aromatic heterocycles. The number of rotatable bonds is 5. The van der Waals surface area contributed by atoms with Crippen LogP contribution in [0.3, 0.4) is 0 Å². The highest BCUT2D eigenvalue weighted by molar-refractivity contribution is 7.19. The Kier molecular flexibility index (Phi) is 4.60. The summed E-state index contributed by atoms with van der Waals surface area (Å²) >= 11 is 1.72. The fraction of sp³-hybridized carbons (Fsp3) is 0.0909. The van der Waals surface area contributed by atoms with E-state index in [1.54, 1.807) is 42.8 Å². The number of nitrogens with zero attached hydrogens (tertiary/aromatic N) is 1. The Balaban J connectivity index is 1.77. The number of methoxy groups -OCH3 is 1. The molecule has 27 heavy (non-hydrogen) atoms. The minimum absolute atomic E-state index is 0.293. The lowest BCUT2D eigenvalue weighted by Gasteiger charge is -2.05. The van der Waals surface area contributed by atoms with E-state index in [0.717, 1.165) is 33.2 Å². The second kappa shape index (κ2) is 7.21. The van der Waals surface area contributed by atoms with Crippen LogP contribution in [0.15, 0.2) is 66.9 Å². The highest BCUT2D eigenvalue weighted by atomic mass is 32.1. The number of ether oxygens (including phenoxy) is 1. The van der Waals surface area contributed by atoms with Gasteiger partial charge in [-0.3, -0.25) is 0 Å². The van der Waals surface area contributed by atoms with Gasteiger partial charge in [-0.25, -0.2) is 9.78 Å². The lowest BCUT2D eigenvalue weighted by Crippen LogP contribution is -1.95. The molecule has 0 aliphatic carbocycles. The van der Waals surface area contributed by atoms with Crippen LogP contribution in [0.1, 0.15) is 20.8 Å². The number of hydrogen-bond donors (Lipinski definition) is 1. The lowest BCUT2D eigenvalue weighted by molar-refractivity contribution is 0.0697. The van der Waals surface area contributed by atoms with Crippen molar-refractivity contribution in [3.05, 3.63) is 82.9 Å². The maximum atomic E-state index is 11.3. The number of hydrogen-bond acceptors (Lipinski definition) is 4. The third-order valence-corrected chi connectivity index (χ3v) is 5.61. The normalized spacial score (nSPS) is 10.9. The van der Waals surface area contributed by atoms with Gasteiger partial charge < -0.3 is 9.84 Å². The van der Waals surface area contributed by atoms with Crippen LogP contribution in [-0.2, 0) is 6.42 Å². The van der Waals surface area contributed by atoms with Gasteiger partial charge in [-0.15, -0.1) is 11.3 Å². The fourth-order valence-corrected chi connectivity index (χ4v) is 4.40. The number of benzene rings is 2. The molecular formula is C22H17NO3S. The van der Waals surface area contributed by atoms with Crippen LogP contribution < -0.4 is 4.74 Å². The summed E-state index contributed by atoms with van der Waals surface area (Å²) in [7, 11) is 1.63. The summed E-state index contributed by atoms with van der Waals surface area (Å²) < 4.78 is 6.51. The summed E-state index contributed by atoms with van der Waals surface area (Å²) in [6.45, 7) is 0. The summed E-state index contributed by atoms with van der Waals surface area (Å²) in [6, 6.07) is 19.3. The number of carbonyl (C=O) groups is 1. The van der Waals surface area contributed by atoms with Crippen LogP contribution in [0.2, 0.25) is 0 Å². The molecule has 4 aromatic rings. The molecular weight excluding hydrogens is 358 g/mol. The average Bonchev–Trinajstić information content (AvgIpc) is 3.11. The summed E-state index contributed by atoms with van der Waals surface area (Å²) in [6.07, 6.45) is 2.46. The smallest absolute Gasteiger partial charge is 0.335 e. The van der Waals surface area contributed by atoms with Gasteiger partial charge in [0.25, 0.3) is 0 Å². The van der Waals surface area contributed by atoms with Crippen molar-refractivity contribution in [2.24, 2.45) is 0 Å². The maximum Gasteiger partial charge on any atom is 0.335 e. The number of aromatic carboxylic acids is 1. The van der Waals surface area contributed by atoms with E-state index < -0.39 is 5.97 Å². The third kappa shape index (κ3) is 3.41. The van der Waals surface area contributed by atoms with Gasteiger partial charge in [0.15, 0.2) is 0 Å². The molecule has 5 heteroatoms. The summed E-state index contributed by atoms with van der Waals surface area (Å²) in [5.74, 6) is -0.274. The van der Waals surface area contributed by atoms with Crippen molar-refractivity contribution in [1.29, 1.82) is 0 Å². The quantitative estimate of drug-likeness (QED) is 0.517. The summed E-state index contributed by atoms with van der Waals surface area (Å²) in [5.41, 5.74) is 3.29.